The second-order valence-electron chi connectivity index (χ2n) is 2.92. The number of fused-ring (bicyclic) bond motifs is 1. The van der Waals surface area contributed by atoms with Crippen molar-refractivity contribution < 1.29 is 9.53 Å². The van der Waals surface area contributed by atoms with E-state index < -0.39 is 5.97 Å². The van der Waals surface area contributed by atoms with Crippen molar-refractivity contribution in [1.82, 2.24) is 9.38 Å². The van der Waals surface area contributed by atoms with Crippen LogP contribution >= 0.6 is 0 Å². The van der Waals surface area contributed by atoms with Crippen molar-refractivity contribution in [3.8, 4) is 0 Å². The lowest BCUT2D eigenvalue weighted by Crippen LogP contribution is -2.14. The first-order chi connectivity index (χ1) is 7.22. The third-order valence-corrected chi connectivity index (χ3v) is 2.01. The summed E-state index contributed by atoms with van der Waals surface area (Å²) in [5, 5.41) is 0. The minimum atomic E-state index is -0.479. The molecule has 0 aliphatic rings. The monoisotopic (exact) mass is 204 g/mol. The average Bonchev–Trinajstić information content (AvgIpc) is 2.28. The number of esters is 1. The first kappa shape index (κ1) is 9.39. The van der Waals surface area contributed by atoms with Crippen molar-refractivity contribution in [1.29, 1.82) is 0 Å². The van der Waals surface area contributed by atoms with Crippen molar-refractivity contribution in [2.45, 2.75) is 0 Å². The molecule has 0 saturated heterocycles. The number of hydrogen-bond acceptors (Lipinski definition) is 4. The Morgan fingerprint density at radius 2 is 2.20 bits per heavy atom. The Balaban J connectivity index is 2.70. The number of carbonyl (C=O) groups excluding carboxylic acids is 1. The van der Waals surface area contributed by atoms with Crippen molar-refractivity contribution >= 4 is 11.6 Å². The van der Waals surface area contributed by atoms with Crippen molar-refractivity contribution in [3.05, 3.63) is 46.5 Å². The molecule has 0 aromatic carbocycles. The van der Waals surface area contributed by atoms with E-state index in [0.717, 1.165) is 0 Å². The zero-order valence-corrected chi connectivity index (χ0v) is 8.01. The predicted octanol–water partition coefficient (Wildman–Crippen LogP) is 0.481. The maximum atomic E-state index is 11.4. The van der Waals surface area contributed by atoms with Crippen molar-refractivity contribution in [2.24, 2.45) is 0 Å². The van der Waals surface area contributed by atoms with Gasteiger partial charge in [0.25, 0.3) is 5.56 Å². The maximum Gasteiger partial charge on any atom is 0.339 e. The molecule has 0 radical (unpaired) electrons. The van der Waals surface area contributed by atoms with Gasteiger partial charge in [0.15, 0.2) is 0 Å². The highest BCUT2D eigenvalue weighted by Crippen LogP contribution is 2.02. The maximum absolute atomic E-state index is 11.4. The summed E-state index contributed by atoms with van der Waals surface area (Å²) in [6.07, 6.45) is 2.84. The molecule has 15 heavy (non-hydrogen) atoms. The first-order valence-corrected chi connectivity index (χ1v) is 4.28. The van der Waals surface area contributed by atoms with Gasteiger partial charge < -0.3 is 4.74 Å². The third-order valence-electron chi connectivity index (χ3n) is 2.01. The van der Waals surface area contributed by atoms with Crippen molar-refractivity contribution in [3.63, 3.8) is 0 Å². The van der Waals surface area contributed by atoms with E-state index in [-0.39, 0.29) is 5.56 Å². The number of pyridine rings is 1. The van der Waals surface area contributed by atoms with Gasteiger partial charge >= 0.3 is 5.97 Å². The molecule has 0 N–H and O–H groups in total. The highest BCUT2D eigenvalue weighted by molar-refractivity contribution is 5.89. The summed E-state index contributed by atoms with van der Waals surface area (Å²) in [6.45, 7) is 0. The van der Waals surface area contributed by atoms with Gasteiger partial charge in [0.05, 0.1) is 12.7 Å². The van der Waals surface area contributed by atoms with Crippen LogP contribution in [0.5, 0.6) is 0 Å². The Bertz CT molecular complexity index is 574. The SMILES string of the molecule is COC(=O)c1ccc2nccc(=O)n2c1. The number of aromatic nitrogens is 2. The van der Waals surface area contributed by atoms with E-state index in [9.17, 15) is 9.59 Å². The normalized spacial score (nSPS) is 10.2. The number of methoxy groups -OCH3 is 1. The molecule has 0 spiro atoms. The fourth-order valence-corrected chi connectivity index (χ4v) is 1.27. The van der Waals surface area contributed by atoms with Crippen LogP contribution in [-0.2, 0) is 4.74 Å². The van der Waals surface area contributed by atoms with E-state index >= 15 is 0 Å². The molecule has 2 rings (SSSR count). The number of hydrogen-bond donors (Lipinski definition) is 0. The summed E-state index contributed by atoms with van der Waals surface area (Å²) < 4.78 is 5.85. The molecule has 0 aliphatic heterocycles. The molecule has 0 bridgehead atoms. The molecule has 76 valence electrons. The highest BCUT2D eigenvalue weighted by atomic mass is 16.5. The average molecular weight is 204 g/mol. The molecular weight excluding hydrogens is 196 g/mol. The van der Waals surface area contributed by atoms with Crippen LogP contribution in [0.1, 0.15) is 10.4 Å². The minimum Gasteiger partial charge on any atom is -0.465 e. The van der Waals surface area contributed by atoms with Gasteiger partial charge in [-0.2, -0.15) is 0 Å². The summed E-state index contributed by atoms with van der Waals surface area (Å²) in [6, 6.07) is 4.48. The summed E-state index contributed by atoms with van der Waals surface area (Å²) in [7, 11) is 1.29. The summed E-state index contributed by atoms with van der Waals surface area (Å²) in [5.74, 6) is -0.479. The largest absolute Gasteiger partial charge is 0.465 e. The van der Waals surface area contributed by atoms with Gasteiger partial charge in [-0.15, -0.1) is 0 Å². The van der Waals surface area contributed by atoms with E-state index in [4.69, 9.17) is 0 Å². The van der Waals surface area contributed by atoms with Gasteiger partial charge in [-0.3, -0.25) is 9.20 Å². The standard InChI is InChI=1S/C10H8N2O3/c1-15-10(14)7-2-3-8-11-5-4-9(13)12(8)6-7/h2-6H,1H3. The second-order valence-corrected chi connectivity index (χ2v) is 2.92. The molecule has 0 amide bonds. The number of ether oxygens (including phenoxy) is 1. The molecular formula is C10H8N2O3. The fourth-order valence-electron chi connectivity index (χ4n) is 1.27. The lowest BCUT2D eigenvalue weighted by Gasteiger charge is -2.02. The Labute approximate surface area is 84.9 Å². The van der Waals surface area contributed by atoms with Crippen LogP contribution in [0.15, 0.2) is 35.4 Å². The van der Waals surface area contributed by atoms with Crippen LogP contribution in [0.2, 0.25) is 0 Å². The Morgan fingerprint density at radius 3 is 2.93 bits per heavy atom. The summed E-state index contributed by atoms with van der Waals surface area (Å²) in [4.78, 5) is 26.6. The van der Waals surface area contributed by atoms with Crippen molar-refractivity contribution in [2.75, 3.05) is 7.11 Å². The lowest BCUT2D eigenvalue weighted by atomic mass is 10.3. The molecule has 2 aromatic rings. The van der Waals surface area contributed by atoms with Crippen LogP contribution < -0.4 is 5.56 Å². The first-order valence-electron chi connectivity index (χ1n) is 4.28. The van der Waals surface area contributed by atoms with Gasteiger partial charge in [0.1, 0.15) is 5.65 Å². The molecule has 0 saturated carbocycles. The molecule has 0 aliphatic carbocycles. The zero-order chi connectivity index (χ0) is 10.8. The van der Waals surface area contributed by atoms with E-state index in [0.29, 0.717) is 11.2 Å². The van der Waals surface area contributed by atoms with Crippen LogP contribution in [0.4, 0.5) is 0 Å². The third kappa shape index (κ3) is 1.59. The van der Waals surface area contributed by atoms with E-state index in [1.165, 1.54) is 30.0 Å². The molecule has 0 unspecified atom stereocenters. The number of carbonyl (C=O) groups is 1. The van der Waals surface area contributed by atoms with Crippen LogP contribution in [0.3, 0.4) is 0 Å². The quantitative estimate of drug-likeness (QED) is 0.634. The number of rotatable bonds is 1. The zero-order valence-electron chi connectivity index (χ0n) is 8.01. The second kappa shape index (κ2) is 3.53. The Hall–Kier alpha value is -2.17. The summed E-state index contributed by atoms with van der Waals surface area (Å²) >= 11 is 0. The predicted molar refractivity (Wildman–Crippen MR) is 52.8 cm³/mol. The van der Waals surface area contributed by atoms with E-state index in [2.05, 4.69) is 9.72 Å². The fraction of sp³-hybridized carbons (Fsp3) is 0.100. The van der Waals surface area contributed by atoms with E-state index in [1.807, 2.05) is 0 Å². The van der Waals surface area contributed by atoms with Gasteiger partial charge in [0.2, 0.25) is 0 Å². The Kier molecular flexibility index (Phi) is 2.21. The van der Waals surface area contributed by atoms with Gasteiger partial charge in [-0.25, -0.2) is 9.78 Å². The molecule has 2 heterocycles. The van der Waals surface area contributed by atoms with Crippen LogP contribution in [0, 0.1) is 0 Å². The van der Waals surface area contributed by atoms with Gasteiger partial charge in [0, 0.05) is 18.5 Å². The minimum absolute atomic E-state index is 0.231. The highest BCUT2D eigenvalue weighted by Gasteiger charge is 2.06. The smallest absolute Gasteiger partial charge is 0.339 e. The summed E-state index contributed by atoms with van der Waals surface area (Å²) in [5.41, 5.74) is 0.584. The molecule has 2 aromatic heterocycles. The molecule has 0 fully saturated rings. The van der Waals surface area contributed by atoms with Crippen LogP contribution in [0.25, 0.3) is 5.65 Å². The molecule has 5 heteroatoms. The van der Waals surface area contributed by atoms with Crippen LogP contribution in [-0.4, -0.2) is 22.5 Å². The van der Waals surface area contributed by atoms with E-state index in [1.54, 1.807) is 12.1 Å². The Morgan fingerprint density at radius 1 is 1.40 bits per heavy atom. The van der Waals surface area contributed by atoms with Gasteiger partial charge in [-0.1, -0.05) is 0 Å². The molecule has 5 nitrogen and oxygen atoms in total. The number of nitrogens with zero attached hydrogens (tertiary/aromatic N) is 2. The van der Waals surface area contributed by atoms with Gasteiger partial charge in [-0.05, 0) is 12.1 Å². The lowest BCUT2D eigenvalue weighted by molar-refractivity contribution is 0.0600. The topological polar surface area (TPSA) is 60.7 Å². The molecule has 0 atom stereocenters.